The highest BCUT2D eigenvalue weighted by molar-refractivity contribution is 7.18. The standard InChI is InChI=1S/C12H12N2OS/c15-10(8-5-6-13-8)7-12-14-9-3-1-2-4-11(9)16-12/h1-4,8,13H,5-7H2/t8-/m0/s1. The SMILES string of the molecule is O=C(Cc1nc2ccccc2s1)[C@@H]1CCN1. The Labute approximate surface area is 97.5 Å². The second kappa shape index (κ2) is 3.96. The van der Waals surface area contributed by atoms with E-state index in [1.165, 1.54) is 0 Å². The number of hydrogen-bond donors (Lipinski definition) is 1. The molecule has 0 saturated carbocycles. The molecule has 82 valence electrons. The number of Topliss-reactive ketones (excluding diaryl/α,β-unsaturated/α-hetero) is 1. The molecule has 3 rings (SSSR count). The van der Waals surface area contributed by atoms with Gasteiger partial charge in [-0.3, -0.25) is 4.79 Å². The second-order valence-corrected chi connectivity index (χ2v) is 5.13. The first-order valence-electron chi connectivity index (χ1n) is 5.43. The normalized spacial score (nSPS) is 19.6. The Morgan fingerprint density at radius 1 is 1.50 bits per heavy atom. The van der Waals surface area contributed by atoms with Crippen LogP contribution in [0.25, 0.3) is 10.2 Å². The number of aromatic nitrogens is 1. The predicted molar refractivity (Wildman–Crippen MR) is 64.7 cm³/mol. The van der Waals surface area contributed by atoms with Gasteiger partial charge >= 0.3 is 0 Å². The van der Waals surface area contributed by atoms with Crippen molar-refractivity contribution in [2.75, 3.05) is 6.54 Å². The summed E-state index contributed by atoms with van der Waals surface area (Å²) in [6.07, 6.45) is 1.45. The number of carbonyl (C=O) groups is 1. The summed E-state index contributed by atoms with van der Waals surface area (Å²) < 4.78 is 1.16. The molecule has 3 nitrogen and oxygen atoms in total. The Kier molecular flexibility index (Phi) is 2.46. The summed E-state index contributed by atoms with van der Waals surface area (Å²) in [7, 11) is 0. The van der Waals surface area contributed by atoms with Gasteiger partial charge in [-0.2, -0.15) is 0 Å². The average Bonchev–Trinajstić information content (AvgIpc) is 2.56. The van der Waals surface area contributed by atoms with E-state index in [0.29, 0.717) is 6.42 Å². The number of ketones is 1. The number of fused-ring (bicyclic) bond motifs is 1. The van der Waals surface area contributed by atoms with Gasteiger partial charge in [0.15, 0.2) is 5.78 Å². The molecule has 0 amide bonds. The molecule has 0 unspecified atom stereocenters. The molecular formula is C12H12N2OS. The molecule has 1 N–H and O–H groups in total. The summed E-state index contributed by atoms with van der Waals surface area (Å²) >= 11 is 1.62. The molecule has 1 aliphatic rings. The molecule has 2 aromatic rings. The number of carbonyl (C=O) groups excluding carboxylic acids is 1. The number of nitrogens with one attached hydrogen (secondary N) is 1. The van der Waals surface area contributed by atoms with E-state index < -0.39 is 0 Å². The molecule has 1 aliphatic heterocycles. The minimum Gasteiger partial charge on any atom is -0.307 e. The van der Waals surface area contributed by atoms with E-state index in [-0.39, 0.29) is 11.8 Å². The lowest BCUT2D eigenvalue weighted by Gasteiger charge is -2.25. The van der Waals surface area contributed by atoms with Crippen molar-refractivity contribution < 1.29 is 4.79 Å². The Balaban J connectivity index is 1.80. The van der Waals surface area contributed by atoms with Crippen LogP contribution in [0, 0.1) is 0 Å². The molecule has 1 atom stereocenters. The van der Waals surface area contributed by atoms with Crippen LogP contribution in [0.15, 0.2) is 24.3 Å². The van der Waals surface area contributed by atoms with Crippen LogP contribution < -0.4 is 5.32 Å². The quantitative estimate of drug-likeness (QED) is 0.877. The summed E-state index contributed by atoms with van der Waals surface area (Å²) in [5.74, 6) is 0.269. The molecular weight excluding hydrogens is 220 g/mol. The monoisotopic (exact) mass is 232 g/mol. The summed E-state index contributed by atoms with van der Waals surface area (Å²) in [5, 5.41) is 4.06. The molecule has 0 bridgehead atoms. The Morgan fingerprint density at radius 3 is 3.00 bits per heavy atom. The van der Waals surface area contributed by atoms with Gasteiger partial charge in [0.2, 0.25) is 0 Å². The van der Waals surface area contributed by atoms with Crippen molar-refractivity contribution in [1.29, 1.82) is 0 Å². The molecule has 1 aromatic heterocycles. The van der Waals surface area contributed by atoms with Gasteiger partial charge in [-0.15, -0.1) is 11.3 Å². The Bertz CT molecular complexity index is 498. The third kappa shape index (κ3) is 1.74. The Morgan fingerprint density at radius 2 is 2.31 bits per heavy atom. The predicted octanol–water partition coefficient (Wildman–Crippen LogP) is 1.77. The first-order valence-corrected chi connectivity index (χ1v) is 6.25. The highest BCUT2D eigenvalue weighted by Gasteiger charge is 2.24. The van der Waals surface area contributed by atoms with Crippen LogP contribution in [0.2, 0.25) is 0 Å². The fourth-order valence-corrected chi connectivity index (χ4v) is 2.81. The smallest absolute Gasteiger partial charge is 0.156 e. The van der Waals surface area contributed by atoms with Gasteiger partial charge in [-0.25, -0.2) is 4.98 Å². The van der Waals surface area contributed by atoms with Crippen molar-refractivity contribution in [2.45, 2.75) is 18.9 Å². The zero-order chi connectivity index (χ0) is 11.0. The Hall–Kier alpha value is -1.26. The van der Waals surface area contributed by atoms with Crippen LogP contribution in [-0.4, -0.2) is 23.4 Å². The van der Waals surface area contributed by atoms with E-state index in [1.807, 2.05) is 24.3 Å². The molecule has 1 aromatic carbocycles. The minimum atomic E-state index is 0.0759. The average molecular weight is 232 g/mol. The molecule has 16 heavy (non-hydrogen) atoms. The molecule has 2 heterocycles. The number of nitrogens with zero attached hydrogens (tertiary/aromatic N) is 1. The molecule has 0 spiro atoms. The molecule has 0 radical (unpaired) electrons. The first-order chi connectivity index (χ1) is 7.83. The van der Waals surface area contributed by atoms with Crippen LogP contribution in [0.1, 0.15) is 11.4 Å². The molecule has 0 aliphatic carbocycles. The van der Waals surface area contributed by atoms with Crippen LogP contribution in [0.5, 0.6) is 0 Å². The van der Waals surface area contributed by atoms with E-state index in [1.54, 1.807) is 11.3 Å². The molecule has 4 heteroatoms. The topological polar surface area (TPSA) is 42.0 Å². The number of hydrogen-bond acceptors (Lipinski definition) is 4. The van der Waals surface area contributed by atoms with Crippen molar-refractivity contribution >= 4 is 27.3 Å². The number of thiazole rings is 1. The lowest BCUT2D eigenvalue weighted by Crippen LogP contribution is -2.49. The summed E-state index contributed by atoms with van der Waals surface area (Å²) in [6.45, 7) is 0.969. The van der Waals surface area contributed by atoms with Gasteiger partial charge in [0, 0.05) is 0 Å². The van der Waals surface area contributed by atoms with Crippen molar-refractivity contribution in [2.24, 2.45) is 0 Å². The van der Waals surface area contributed by atoms with E-state index in [0.717, 1.165) is 28.2 Å². The van der Waals surface area contributed by atoms with Crippen molar-refractivity contribution in [3.63, 3.8) is 0 Å². The van der Waals surface area contributed by atoms with Gasteiger partial charge in [-0.05, 0) is 25.1 Å². The van der Waals surface area contributed by atoms with Gasteiger partial charge in [0.25, 0.3) is 0 Å². The van der Waals surface area contributed by atoms with Crippen LogP contribution >= 0.6 is 11.3 Å². The van der Waals surface area contributed by atoms with E-state index in [2.05, 4.69) is 10.3 Å². The fraction of sp³-hybridized carbons (Fsp3) is 0.333. The van der Waals surface area contributed by atoms with Crippen molar-refractivity contribution in [3.8, 4) is 0 Å². The number of benzene rings is 1. The van der Waals surface area contributed by atoms with E-state index in [4.69, 9.17) is 0 Å². The minimum absolute atomic E-state index is 0.0759. The number of rotatable bonds is 3. The van der Waals surface area contributed by atoms with Crippen LogP contribution in [0.3, 0.4) is 0 Å². The highest BCUT2D eigenvalue weighted by atomic mass is 32.1. The maximum atomic E-state index is 11.8. The summed E-state index contributed by atoms with van der Waals surface area (Å²) in [4.78, 5) is 16.2. The molecule has 1 fully saturated rings. The second-order valence-electron chi connectivity index (χ2n) is 4.01. The largest absolute Gasteiger partial charge is 0.307 e. The maximum absolute atomic E-state index is 11.8. The lowest BCUT2D eigenvalue weighted by molar-refractivity contribution is -0.121. The third-order valence-electron chi connectivity index (χ3n) is 2.88. The van der Waals surface area contributed by atoms with Gasteiger partial charge in [0.05, 0.1) is 22.7 Å². The number of para-hydroxylation sites is 1. The highest BCUT2D eigenvalue weighted by Crippen LogP contribution is 2.22. The first kappa shape index (κ1) is 9.93. The van der Waals surface area contributed by atoms with Gasteiger partial charge in [0.1, 0.15) is 5.01 Å². The van der Waals surface area contributed by atoms with E-state index >= 15 is 0 Å². The summed E-state index contributed by atoms with van der Waals surface area (Å²) in [6, 6.07) is 8.08. The van der Waals surface area contributed by atoms with Crippen LogP contribution in [-0.2, 0) is 11.2 Å². The molecule has 1 saturated heterocycles. The zero-order valence-corrected chi connectivity index (χ0v) is 9.59. The summed E-state index contributed by atoms with van der Waals surface area (Å²) in [5.41, 5.74) is 0.997. The van der Waals surface area contributed by atoms with E-state index in [9.17, 15) is 4.79 Å². The van der Waals surface area contributed by atoms with Gasteiger partial charge in [-0.1, -0.05) is 12.1 Å². The van der Waals surface area contributed by atoms with Crippen molar-refractivity contribution in [1.82, 2.24) is 10.3 Å². The van der Waals surface area contributed by atoms with Gasteiger partial charge < -0.3 is 5.32 Å². The maximum Gasteiger partial charge on any atom is 0.156 e. The lowest BCUT2D eigenvalue weighted by atomic mass is 10.0. The van der Waals surface area contributed by atoms with Crippen molar-refractivity contribution in [3.05, 3.63) is 29.3 Å². The zero-order valence-electron chi connectivity index (χ0n) is 8.77. The third-order valence-corrected chi connectivity index (χ3v) is 3.91. The van der Waals surface area contributed by atoms with Crippen LogP contribution in [0.4, 0.5) is 0 Å². The fourth-order valence-electron chi connectivity index (χ4n) is 1.83.